The third kappa shape index (κ3) is 3.18. The van der Waals surface area contributed by atoms with E-state index in [1.165, 1.54) is 11.3 Å². The average molecular weight is 328 g/mol. The molecule has 0 aliphatic heterocycles. The van der Waals surface area contributed by atoms with Crippen LogP contribution in [0.5, 0.6) is 0 Å². The Kier molecular flexibility index (Phi) is 4.52. The number of hydrogen-bond donors (Lipinski definition) is 2. The number of aromatic nitrogens is 2. The van der Waals surface area contributed by atoms with Gasteiger partial charge in [-0.25, -0.2) is 13.1 Å². The fourth-order valence-corrected chi connectivity index (χ4v) is 4.72. The van der Waals surface area contributed by atoms with Gasteiger partial charge in [-0.3, -0.25) is 4.68 Å². The predicted octanol–water partition coefficient (Wildman–Crippen LogP) is 1.34. The van der Waals surface area contributed by atoms with E-state index in [-0.39, 0.29) is 6.54 Å². The number of sulfonamides is 1. The second-order valence-electron chi connectivity index (χ2n) is 4.93. The highest BCUT2D eigenvalue weighted by atomic mass is 32.2. The van der Waals surface area contributed by atoms with Gasteiger partial charge in [0.05, 0.1) is 10.6 Å². The molecule has 0 atom stereocenters. The lowest BCUT2D eigenvalue weighted by atomic mass is 10.2. The Morgan fingerprint density at radius 1 is 1.38 bits per heavy atom. The molecule has 0 unspecified atom stereocenters. The zero-order valence-corrected chi connectivity index (χ0v) is 14.2. The Morgan fingerprint density at radius 2 is 2.05 bits per heavy atom. The van der Waals surface area contributed by atoms with Crippen molar-refractivity contribution in [2.45, 2.75) is 38.8 Å². The van der Waals surface area contributed by atoms with Crippen LogP contribution in [-0.4, -0.2) is 18.2 Å². The Bertz CT molecular complexity index is 759. The minimum absolute atomic E-state index is 0.237. The van der Waals surface area contributed by atoms with Crippen LogP contribution in [0.2, 0.25) is 0 Å². The van der Waals surface area contributed by atoms with Gasteiger partial charge in [0.2, 0.25) is 10.0 Å². The maximum Gasteiger partial charge on any atom is 0.241 e. The van der Waals surface area contributed by atoms with Gasteiger partial charge in [0.25, 0.3) is 0 Å². The SMILES string of the molecule is Cc1nn(C)c(C)c1CNS(=O)(=O)c1cc(CN)sc1C. The summed E-state index contributed by atoms with van der Waals surface area (Å²) >= 11 is 1.41. The highest BCUT2D eigenvalue weighted by Gasteiger charge is 2.20. The van der Waals surface area contributed by atoms with E-state index in [1.807, 2.05) is 20.9 Å². The molecule has 0 saturated carbocycles. The first-order valence-corrected chi connectivity index (χ1v) is 8.84. The van der Waals surface area contributed by atoms with Crippen molar-refractivity contribution in [2.75, 3.05) is 0 Å². The molecular weight excluding hydrogens is 308 g/mol. The van der Waals surface area contributed by atoms with Crippen molar-refractivity contribution in [3.63, 3.8) is 0 Å². The van der Waals surface area contributed by atoms with Crippen LogP contribution >= 0.6 is 11.3 Å². The molecule has 0 spiro atoms. The molecule has 0 bridgehead atoms. The monoisotopic (exact) mass is 328 g/mol. The fourth-order valence-electron chi connectivity index (χ4n) is 2.21. The van der Waals surface area contributed by atoms with Crippen molar-refractivity contribution >= 4 is 21.4 Å². The Morgan fingerprint density at radius 3 is 2.52 bits per heavy atom. The van der Waals surface area contributed by atoms with Crippen molar-refractivity contribution in [3.05, 3.63) is 32.8 Å². The van der Waals surface area contributed by atoms with Gasteiger partial charge in [-0.15, -0.1) is 11.3 Å². The van der Waals surface area contributed by atoms with E-state index in [0.717, 1.165) is 26.7 Å². The van der Waals surface area contributed by atoms with Crippen LogP contribution in [-0.2, 0) is 30.2 Å². The van der Waals surface area contributed by atoms with E-state index in [1.54, 1.807) is 17.7 Å². The molecule has 8 heteroatoms. The number of nitrogens with one attached hydrogen (secondary N) is 1. The number of nitrogens with two attached hydrogens (primary N) is 1. The molecule has 116 valence electrons. The maximum absolute atomic E-state index is 12.4. The summed E-state index contributed by atoms with van der Waals surface area (Å²) in [7, 11) is -1.69. The number of rotatable bonds is 5. The second-order valence-corrected chi connectivity index (χ2v) is 8.01. The van der Waals surface area contributed by atoms with Crippen molar-refractivity contribution in [3.8, 4) is 0 Å². The summed E-state index contributed by atoms with van der Waals surface area (Å²) in [5.74, 6) is 0. The van der Waals surface area contributed by atoms with E-state index < -0.39 is 10.0 Å². The third-order valence-electron chi connectivity index (χ3n) is 3.51. The van der Waals surface area contributed by atoms with Gasteiger partial charge in [-0.1, -0.05) is 0 Å². The van der Waals surface area contributed by atoms with E-state index >= 15 is 0 Å². The average Bonchev–Trinajstić information content (AvgIpc) is 2.90. The topological polar surface area (TPSA) is 90.0 Å². The lowest BCUT2D eigenvalue weighted by molar-refractivity contribution is 0.581. The van der Waals surface area contributed by atoms with E-state index in [0.29, 0.717) is 11.4 Å². The Hall–Kier alpha value is -1.22. The summed E-state index contributed by atoms with van der Waals surface area (Å²) in [6.07, 6.45) is 0. The van der Waals surface area contributed by atoms with Gasteiger partial charge in [-0.05, 0) is 26.8 Å². The van der Waals surface area contributed by atoms with E-state index in [2.05, 4.69) is 9.82 Å². The van der Waals surface area contributed by atoms with Gasteiger partial charge in [0.1, 0.15) is 0 Å². The van der Waals surface area contributed by atoms with E-state index in [4.69, 9.17) is 5.73 Å². The zero-order chi connectivity index (χ0) is 15.8. The number of aryl methyl sites for hydroxylation is 3. The highest BCUT2D eigenvalue weighted by Crippen LogP contribution is 2.25. The zero-order valence-electron chi connectivity index (χ0n) is 12.6. The molecule has 2 aromatic rings. The Balaban J connectivity index is 2.23. The molecule has 2 rings (SSSR count). The van der Waals surface area contributed by atoms with Crippen LogP contribution in [0.15, 0.2) is 11.0 Å². The standard InChI is InChI=1S/C13H20N4O2S2/c1-8-12(9(2)17(4)16-8)7-15-21(18,19)13-5-11(6-14)20-10(13)3/h5,15H,6-7,14H2,1-4H3. The first-order chi connectivity index (χ1) is 9.76. The highest BCUT2D eigenvalue weighted by molar-refractivity contribution is 7.89. The van der Waals surface area contributed by atoms with E-state index in [9.17, 15) is 8.42 Å². The summed E-state index contributed by atoms with van der Waals surface area (Å²) in [6.45, 7) is 6.17. The van der Waals surface area contributed by atoms with Crippen LogP contribution < -0.4 is 10.5 Å². The summed E-state index contributed by atoms with van der Waals surface area (Å²) < 4.78 is 29.2. The summed E-state index contributed by atoms with van der Waals surface area (Å²) in [6, 6.07) is 1.64. The van der Waals surface area contributed by atoms with Crippen LogP contribution in [0.1, 0.15) is 26.7 Å². The maximum atomic E-state index is 12.4. The van der Waals surface area contributed by atoms with Crippen LogP contribution in [0.4, 0.5) is 0 Å². The number of hydrogen-bond acceptors (Lipinski definition) is 5. The minimum atomic E-state index is -3.53. The van der Waals surface area contributed by atoms with Crippen molar-refractivity contribution in [2.24, 2.45) is 12.8 Å². The molecule has 2 aromatic heterocycles. The van der Waals surface area contributed by atoms with Crippen LogP contribution in [0, 0.1) is 20.8 Å². The fraction of sp³-hybridized carbons (Fsp3) is 0.462. The molecule has 0 aliphatic rings. The van der Waals surface area contributed by atoms with Crippen LogP contribution in [0.3, 0.4) is 0 Å². The molecule has 3 N–H and O–H groups in total. The van der Waals surface area contributed by atoms with Crippen LogP contribution in [0.25, 0.3) is 0 Å². The van der Waals surface area contributed by atoms with Gasteiger partial charge in [-0.2, -0.15) is 5.10 Å². The predicted molar refractivity (Wildman–Crippen MR) is 83.7 cm³/mol. The number of thiophene rings is 1. The molecule has 2 heterocycles. The second kappa shape index (κ2) is 5.88. The molecule has 21 heavy (non-hydrogen) atoms. The molecule has 0 saturated heterocycles. The van der Waals surface area contributed by atoms with Crippen molar-refractivity contribution in [1.82, 2.24) is 14.5 Å². The normalized spacial score (nSPS) is 12.0. The Labute approximate surface area is 129 Å². The first-order valence-electron chi connectivity index (χ1n) is 6.54. The van der Waals surface area contributed by atoms with Crippen molar-refractivity contribution < 1.29 is 8.42 Å². The van der Waals surface area contributed by atoms with Gasteiger partial charge in [0, 0.05) is 41.1 Å². The quantitative estimate of drug-likeness (QED) is 0.867. The molecule has 0 fully saturated rings. The minimum Gasteiger partial charge on any atom is -0.326 e. The molecular formula is C13H20N4O2S2. The lowest BCUT2D eigenvalue weighted by Gasteiger charge is -2.07. The molecule has 6 nitrogen and oxygen atoms in total. The van der Waals surface area contributed by atoms with Gasteiger partial charge < -0.3 is 5.73 Å². The van der Waals surface area contributed by atoms with Crippen molar-refractivity contribution in [1.29, 1.82) is 0 Å². The molecule has 0 aromatic carbocycles. The molecule has 0 aliphatic carbocycles. The lowest BCUT2D eigenvalue weighted by Crippen LogP contribution is -2.24. The summed E-state index contributed by atoms with van der Waals surface area (Å²) in [4.78, 5) is 1.93. The molecule has 0 amide bonds. The summed E-state index contributed by atoms with van der Waals surface area (Å²) in [5.41, 5.74) is 8.27. The van der Waals surface area contributed by atoms with Gasteiger partial charge in [0.15, 0.2) is 0 Å². The third-order valence-corrected chi connectivity index (χ3v) is 6.24. The largest absolute Gasteiger partial charge is 0.326 e. The molecule has 0 radical (unpaired) electrons. The number of nitrogens with zero attached hydrogens (tertiary/aromatic N) is 2. The summed E-state index contributed by atoms with van der Waals surface area (Å²) in [5, 5.41) is 4.29. The van der Waals surface area contributed by atoms with Gasteiger partial charge >= 0.3 is 0 Å². The smallest absolute Gasteiger partial charge is 0.241 e. The first kappa shape index (κ1) is 16.2.